The lowest BCUT2D eigenvalue weighted by Gasteiger charge is -2.33. The summed E-state index contributed by atoms with van der Waals surface area (Å²) in [5, 5.41) is 7.66. The Morgan fingerprint density at radius 1 is 1.09 bits per heavy atom. The second-order valence-corrected chi connectivity index (χ2v) is 13.0. The maximum atomic E-state index is 13.7. The Labute approximate surface area is 251 Å². The molecule has 5 rings (SSSR count). The predicted molar refractivity (Wildman–Crippen MR) is 169 cm³/mol. The number of H-pyrrole nitrogens is 1. The largest absolute Gasteiger partial charge is 0.354 e. The topological polar surface area (TPSA) is 133 Å². The molecule has 1 saturated heterocycles. The lowest BCUT2D eigenvalue weighted by Crippen LogP contribution is -2.44. The Balaban J connectivity index is 1.57. The summed E-state index contributed by atoms with van der Waals surface area (Å²) >= 11 is 0. The van der Waals surface area contributed by atoms with E-state index in [2.05, 4.69) is 38.8 Å². The molecule has 226 valence electrons. The lowest BCUT2D eigenvalue weighted by molar-refractivity contribution is 0.0952. The number of allylic oxidation sites excluding steroid dienone is 1. The van der Waals surface area contributed by atoms with Crippen molar-refractivity contribution in [2.24, 2.45) is 0 Å². The number of nitrogens with one attached hydrogen (secondary N) is 2. The zero-order chi connectivity index (χ0) is 30.9. The van der Waals surface area contributed by atoms with Gasteiger partial charge in [-0.15, -0.1) is 6.58 Å². The number of pyridine rings is 2. The van der Waals surface area contributed by atoms with Crippen LogP contribution in [0.25, 0.3) is 22.0 Å². The normalized spacial score (nSPS) is 14.3. The van der Waals surface area contributed by atoms with Crippen molar-refractivity contribution < 1.29 is 13.2 Å². The predicted octanol–water partition coefficient (Wildman–Crippen LogP) is 3.15. The summed E-state index contributed by atoms with van der Waals surface area (Å²) in [6.07, 6.45) is 3.55. The second-order valence-electron chi connectivity index (χ2n) is 11.1. The third-order valence-corrected chi connectivity index (χ3v) is 9.40. The summed E-state index contributed by atoms with van der Waals surface area (Å²) in [5.74, 6) is 0.247. The molecule has 12 heteroatoms. The van der Waals surface area contributed by atoms with Crippen LogP contribution >= 0.6 is 0 Å². The number of nitrogens with zero attached hydrogens (tertiary/aromatic N) is 5. The quantitative estimate of drug-likeness (QED) is 0.279. The van der Waals surface area contributed by atoms with Gasteiger partial charge in [0, 0.05) is 61.1 Å². The van der Waals surface area contributed by atoms with Crippen LogP contribution in [0, 0.1) is 20.8 Å². The molecular formula is C31H37N7O4S. The SMILES string of the molecule is C=CCCS(=O)(=O)n1nc(C)c2c(C(=O)NCc3c(C)cc(C)[nH]c3=O)cc(-c3ccc(N4CCN(C)CC4)nc3)cc21. The van der Waals surface area contributed by atoms with Gasteiger partial charge in [-0.25, -0.2) is 13.4 Å². The van der Waals surface area contributed by atoms with Crippen LogP contribution < -0.4 is 15.8 Å². The third kappa shape index (κ3) is 6.25. The Kier molecular flexibility index (Phi) is 8.52. The number of aromatic nitrogens is 4. The van der Waals surface area contributed by atoms with Crippen molar-refractivity contribution in [2.45, 2.75) is 33.7 Å². The monoisotopic (exact) mass is 603 g/mol. The van der Waals surface area contributed by atoms with Gasteiger partial charge in [-0.05, 0) is 75.7 Å². The Hall–Kier alpha value is -4.29. The van der Waals surface area contributed by atoms with E-state index in [0.717, 1.165) is 52.9 Å². The number of benzene rings is 1. The minimum atomic E-state index is -3.84. The van der Waals surface area contributed by atoms with Crippen molar-refractivity contribution in [3.05, 3.63) is 87.6 Å². The van der Waals surface area contributed by atoms with Gasteiger partial charge in [0.25, 0.3) is 21.5 Å². The molecule has 1 aliphatic heterocycles. The Morgan fingerprint density at radius 3 is 2.49 bits per heavy atom. The number of hydrogen-bond donors (Lipinski definition) is 2. The number of rotatable bonds is 9. The van der Waals surface area contributed by atoms with Gasteiger partial charge in [0.2, 0.25) is 0 Å². The van der Waals surface area contributed by atoms with E-state index < -0.39 is 15.9 Å². The number of amides is 1. The smallest absolute Gasteiger partial charge is 0.254 e. The minimum Gasteiger partial charge on any atom is -0.354 e. The van der Waals surface area contributed by atoms with Gasteiger partial charge < -0.3 is 20.1 Å². The van der Waals surface area contributed by atoms with Crippen LogP contribution in [0.3, 0.4) is 0 Å². The zero-order valence-electron chi connectivity index (χ0n) is 25.0. The fourth-order valence-electron chi connectivity index (χ4n) is 5.42. The van der Waals surface area contributed by atoms with E-state index in [4.69, 9.17) is 4.98 Å². The highest BCUT2D eigenvalue weighted by molar-refractivity contribution is 7.89. The fraction of sp³-hybridized carbons (Fsp3) is 0.355. The first-order chi connectivity index (χ1) is 20.5. The maximum absolute atomic E-state index is 13.7. The Morgan fingerprint density at radius 2 is 1.84 bits per heavy atom. The third-order valence-electron chi connectivity index (χ3n) is 7.84. The van der Waals surface area contributed by atoms with Crippen LogP contribution in [0.1, 0.15) is 39.3 Å². The molecule has 0 aliphatic carbocycles. The van der Waals surface area contributed by atoms with Crippen LogP contribution in [-0.4, -0.2) is 77.4 Å². The first-order valence-electron chi connectivity index (χ1n) is 14.2. The molecule has 1 amide bonds. The molecule has 11 nitrogen and oxygen atoms in total. The molecule has 0 radical (unpaired) electrons. The number of aromatic amines is 1. The number of aryl methyl sites for hydroxylation is 3. The second kappa shape index (κ2) is 12.1. The molecule has 0 atom stereocenters. The lowest BCUT2D eigenvalue weighted by atomic mass is 9.99. The summed E-state index contributed by atoms with van der Waals surface area (Å²) in [7, 11) is -1.74. The molecule has 4 aromatic rings. The van der Waals surface area contributed by atoms with Crippen LogP contribution in [0.15, 0.2) is 54.0 Å². The zero-order valence-corrected chi connectivity index (χ0v) is 25.8. The summed E-state index contributed by atoms with van der Waals surface area (Å²) < 4.78 is 27.6. The number of fused-ring (bicyclic) bond motifs is 1. The highest BCUT2D eigenvalue weighted by Gasteiger charge is 2.25. The molecule has 0 unspecified atom stereocenters. The van der Waals surface area contributed by atoms with Gasteiger partial charge in [-0.3, -0.25) is 9.59 Å². The van der Waals surface area contributed by atoms with E-state index >= 15 is 0 Å². The highest BCUT2D eigenvalue weighted by Crippen LogP contribution is 2.31. The van der Waals surface area contributed by atoms with E-state index in [1.54, 1.807) is 38.3 Å². The van der Waals surface area contributed by atoms with Gasteiger partial charge in [-0.2, -0.15) is 9.19 Å². The molecule has 3 aromatic heterocycles. The van der Waals surface area contributed by atoms with Crippen LogP contribution in [-0.2, 0) is 16.6 Å². The summed E-state index contributed by atoms with van der Waals surface area (Å²) in [6, 6.07) is 9.19. The number of likely N-dealkylation sites (N-methyl/N-ethyl adjacent to an activating group) is 1. The molecule has 1 fully saturated rings. The van der Waals surface area contributed by atoms with Crippen molar-refractivity contribution in [3.8, 4) is 11.1 Å². The number of carbonyl (C=O) groups is 1. The molecule has 0 spiro atoms. The first-order valence-corrected chi connectivity index (χ1v) is 15.8. The average molecular weight is 604 g/mol. The van der Waals surface area contributed by atoms with Crippen molar-refractivity contribution >= 4 is 32.7 Å². The first kappa shape index (κ1) is 30.2. The highest BCUT2D eigenvalue weighted by atomic mass is 32.2. The van der Waals surface area contributed by atoms with Gasteiger partial charge >= 0.3 is 0 Å². The molecule has 4 heterocycles. The molecule has 0 bridgehead atoms. The van der Waals surface area contributed by atoms with Gasteiger partial charge in [0.1, 0.15) is 5.82 Å². The van der Waals surface area contributed by atoms with E-state index in [-0.39, 0.29) is 29.8 Å². The van der Waals surface area contributed by atoms with E-state index in [0.29, 0.717) is 27.7 Å². The van der Waals surface area contributed by atoms with E-state index in [1.807, 2.05) is 25.1 Å². The van der Waals surface area contributed by atoms with E-state index in [9.17, 15) is 18.0 Å². The summed E-state index contributed by atoms with van der Waals surface area (Å²) in [4.78, 5) is 38.3. The number of piperazine rings is 1. The molecule has 2 N–H and O–H groups in total. The van der Waals surface area contributed by atoms with Crippen LogP contribution in [0.4, 0.5) is 5.82 Å². The summed E-state index contributed by atoms with van der Waals surface area (Å²) in [5.41, 5.74) is 4.02. The van der Waals surface area contributed by atoms with E-state index in [1.165, 1.54) is 0 Å². The molecular weight excluding hydrogens is 566 g/mol. The average Bonchev–Trinajstić information content (AvgIpc) is 3.32. The molecule has 1 aromatic carbocycles. The summed E-state index contributed by atoms with van der Waals surface area (Å²) in [6.45, 7) is 12.6. The van der Waals surface area contributed by atoms with Crippen LogP contribution in [0.2, 0.25) is 0 Å². The number of anilines is 1. The van der Waals surface area contributed by atoms with Crippen LogP contribution in [0.5, 0.6) is 0 Å². The van der Waals surface area contributed by atoms with Gasteiger partial charge in [0.05, 0.1) is 22.5 Å². The maximum Gasteiger partial charge on any atom is 0.254 e. The standard InChI is InChI=1S/C31H37N7O4S/c1-6-7-14-43(41,42)38-27-17-24(23-8-9-28(32-18-23)37-12-10-36(5)11-13-37)16-25(29(27)22(4)35-38)30(39)33-19-26-20(2)15-21(3)34-31(26)40/h6,8-9,15-18H,1,7,10-14,19H2,2-5H3,(H,33,39)(H,34,40). The Bertz CT molecular complexity index is 1850. The number of carbonyl (C=O) groups excluding carboxylic acids is 1. The minimum absolute atomic E-state index is 0.0120. The molecule has 43 heavy (non-hydrogen) atoms. The molecule has 1 aliphatic rings. The van der Waals surface area contributed by atoms with Gasteiger partial charge in [0.15, 0.2) is 0 Å². The van der Waals surface area contributed by atoms with Crippen molar-refractivity contribution in [1.29, 1.82) is 0 Å². The number of hydrogen-bond acceptors (Lipinski definition) is 8. The van der Waals surface area contributed by atoms with Crippen molar-refractivity contribution in [2.75, 3.05) is 43.9 Å². The van der Waals surface area contributed by atoms with Crippen molar-refractivity contribution in [1.82, 2.24) is 29.4 Å². The van der Waals surface area contributed by atoms with Gasteiger partial charge in [-0.1, -0.05) is 6.08 Å². The fourth-order valence-corrected chi connectivity index (χ4v) is 6.75. The van der Waals surface area contributed by atoms with Crippen molar-refractivity contribution in [3.63, 3.8) is 0 Å². The molecule has 0 saturated carbocycles.